The maximum absolute atomic E-state index is 13.4. The van der Waals surface area contributed by atoms with Crippen molar-refractivity contribution < 1.29 is 22.3 Å². The summed E-state index contributed by atoms with van der Waals surface area (Å²) < 4.78 is 56.6. The molecule has 0 radical (unpaired) electrons. The smallest absolute Gasteiger partial charge is 0.419 e. The van der Waals surface area contributed by atoms with Gasteiger partial charge in [-0.3, -0.25) is 4.98 Å². The minimum atomic E-state index is -4.74. The third-order valence-corrected chi connectivity index (χ3v) is 2.86. The molecule has 0 saturated heterocycles. The van der Waals surface area contributed by atoms with E-state index in [2.05, 4.69) is 4.98 Å². The lowest BCUT2D eigenvalue weighted by Crippen LogP contribution is -2.09. The van der Waals surface area contributed by atoms with Crippen LogP contribution in [-0.2, 0) is 6.18 Å². The Bertz CT molecular complexity index is 638. The molecule has 0 aliphatic heterocycles. The zero-order valence-electron chi connectivity index (χ0n) is 10.8. The van der Waals surface area contributed by atoms with Crippen LogP contribution in [0.15, 0.2) is 30.5 Å². The molecule has 0 amide bonds. The summed E-state index contributed by atoms with van der Waals surface area (Å²) in [6.07, 6.45) is -3.32. The number of halogens is 4. The first kappa shape index (κ1) is 14.3. The first-order valence-corrected chi connectivity index (χ1v) is 5.70. The minimum Gasteiger partial charge on any atom is -0.497 e. The highest BCUT2D eigenvalue weighted by atomic mass is 19.4. The Hall–Kier alpha value is -2.11. The van der Waals surface area contributed by atoms with Crippen LogP contribution in [0.4, 0.5) is 17.6 Å². The Morgan fingerprint density at radius 3 is 2.45 bits per heavy atom. The lowest BCUT2D eigenvalue weighted by Gasteiger charge is -2.13. The fourth-order valence-electron chi connectivity index (χ4n) is 1.85. The Morgan fingerprint density at radius 2 is 1.85 bits per heavy atom. The van der Waals surface area contributed by atoms with Crippen molar-refractivity contribution in [2.45, 2.75) is 13.1 Å². The molecular formula is C14H11F4NO. The summed E-state index contributed by atoms with van der Waals surface area (Å²) in [6, 6.07) is 4.71. The number of methoxy groups -OCH3 is 1. The fraction of sp³-hybridized carbons (Fsp3) is 0.214. The van der Waals surface area contributed by atoms with Crippen LogP contribution in [0.3, 0.4) is 0 Å². The molecule has 1 aromatic heterocycles. The summed E-state index contributed by atoms with van der Waals surface area (Å²) in [7, 11) is 1.44. The van der Waals surface area contributed by atoms with Crippen LogP contribution >= 0.6 is 0 Å². The molecule has 2 nitrogen and oxygen atoms in total. The van der Waals surface area contributed by atoms with Gasteiger partial charge in [0.2, 0.25) is 0 Å². The van der Waals surface area contributed by atoms with Gasteiger partial charge in [-0.2, -0.15) is 13.2 Å². The van der Waals surface area contributed by atoms with Gasteiger partial charge >= 0.3 is 6.18 Å². The Morgan fingerprint density at radius 1 is 1.15 bits per heavy atom. The first-order valence-electron chi connectivity index (χ1n) is 5.70. The van der Waals surface area contributed by atoms with Gasteiger partial charge in [0, 0.05) is 17.8 Å². The second-order valence-corrected chi connectivity index (χ2v) is 4.23. The fourth-order valence-corrected chi connectivity index (χ4v) is 1.85. The summed E-state index contributed by atoms with van der Waals surface area (Å²) in [5, 5.41) is 0. The average molecular weight is 285 g/mol. The van der Waals surface area contributed by atoms with Crippen molar-refractivity contribution in [1.29, 1.82) is 0 Å². The maximum Gasteiger partial charge on any atom is 0.419 e. The molecular weight excluding hydrogens is 274 g/mol. The lowest BCUT2D eigenvalue weighted by atomic mass is 10.0. The number of rotatable bonds is 2. The molecule has 0 aliphatic rings. The van der Waals surface area contributed by atoms with E-state index in [0.29, 0.717) is 17.0 Å². The molecule has 106 valence electrons. The molecule has 2 rings (SSSR count). The Balaban J connectivity index is 2.62. The third kappa shape index (κ3) is 2.74. The third-order valence-electron chi connectivity index (χ3n) is 2.86. The van der Waals surface area contributed by atoms with E-state index in [4.69, 9.17) is 4.74 Å². The van der Waals surface area contributed by atoms with E-state index in [-0.39, 0.29) is 5.56 Å². The quantitative estimate of drug-likeness (QED) is 0.771. The van der Waals surface area contributed by atoms with Gasteiger partial charge in [0.05, 0.1) is 18.4 Å². The number of nitrogens with zero attached hydrogens (tertiary/aromatic N) is 1. The topological polar surface area (TPSA) is 22.1 Å². The number of ether oxygens (including phenoxy) is 1. The standard InChI is InChI=1S/C14H11F4NO/c1-8-5-12(15)11(14(16,17)18)7-10(8)13-6-9(20-2)3-4-19-13/h3-7H,1-2H3. The van der Waals surface area contributed by atoms with Crippen LogP contribution in [0, 0.1) is 12.7 Å². The van der Waals surface area contributed by atoms with Crippen molar-refractivity contribution in [2.75, 3.05) is 7.11 Å². The van der Waals surface area contributed by atoms with Gasteiger partial charge in [0.25, 0.3) is 0 Å². The second kappa shape index (κ2) is 5.11. The van der Waals surface area contributed by atoms with Gasteiger partial charge in [-0.15, -0.1) is 0 Å². The molecule has 0 N–H and O–H groups in total. The van der Waals surface area contributed by atoms with E-state index >= 15 is 0 Å². The highest BCUT2D eigenvalue weighted by molar-refractivity contribution is 5.66. The monoisotopic (exact) mass is 285 g/mol. The van der Waals surface area contributed by atoms with Crippen molar-refractivity contribution in [3.63, 3.8) is 0 Å². The van der Waals surface area contributed by atoms with Crippen LogP contribution in [0.25, 0.3) is 11.3 Å². The molecule has 20 heavy (non-hydrogen) atoms. The van der Waals surface area contributed by atoms with Gasteiger partial charge in [0.1, 0.15) is 11.6 Å². The van der Waals surface area contributed by atoms with E-state index in [1.165, 1.54) is 26.3 Å². The van der Waals surface area contributed by atoms with Crippen LogP contribution in [0.5, 0.6) is 5.75 Å². The number of aryl methyl sites for hydroxylation is 1. The van der Waals surface area contributed by atoms with Crippen molar-refractivity contribution in [2.24, 2.45) is 0 Å². The number of benzene rings is 1. The van der Waals surface area contributed by atoms with Crippen LogP contribution < -0.4 is 4.74 Å². The maximum atomic E-state index is 13.4. The largest absolute Gasteiger partial charge is 0.497 e. The molecule has 0 fully saturated rings. The van der Waals surface area contributed by atoms with Gasteiger partial charge in [-0.25, -0.2) is 4.39 Å². The van der Waals surface area contributed by atoms with E-state index in [9.17, 15) is 17.6 Å². The number of pyridine rings is 1. The Labute approximate surface area is 113 Å². The zero-order valence-corrected chi connectivity index (χ0v) is 10.8. The van der Waals surface area contributed by atoms with Crippen LogP contribution in [0.2, 0.25) is 0 Å². The average Bonchev–Trinajstić information content (AvgIpc) is 2.37. The summed E-state index contributed by atoms with van der Waals surface area (Å²) in [5.74, 6) is -0.825. The first-order chi connectivity index (χ1) is 9.32. The summed E-state index contributed by atoms with van der Waals surface area (Å²) in [5.41, 5.74) is -0.413. The second-order valence-electron chi connectivity index (χ2n) is 4.23. The summed E-state index contributed by atoms with van der Waals surface area (Å²) in [4.78, 5) is 4.00. The molecule has 0 atom stereocenters. The molecule has 1 aromatic carbocycles. The van der Waals surface area contributed by atoms with Gasteiger partial charge in [0.15, 0.2) is 0 Å². The summed E-state index contributed by atoms with van der Waals surface area (Å²) in [6.45, 7) is 1.53. The van der Waals surface area contributed by atoms with Crippen molar-refractivity contribution in [3.05, 3.63) is 47.4 Å². The highest BCUT2D eigenvalue weighted by Crippen LogP contribution is 2.35. The molecule has 0 spiro atoms. The normalized spacial score (nSPS) is 11.5. The van der Waals surface area contributed by atoms with E-state index in [1.807, 2.05) is 0 Å². The Kier molecular flexibility index (Phi) is 3.65. The number of hydrogen-bond acceptors (Lipinski definition) is 2. The van der Waals surface area contributed by atoms with E-state index in [1.54, 1.807) is 6.07 Å². The van der Waals surface area contributed by atoms with Gasteiger partial charge in [-0.05, 0) is 30.7 Å². The van der Waals surface area contributed by atoms with Gasteiger partial charge < -0.3 is 4.74 Å². The molecule has 0 aliphatic carbocycles. The molecule has 6 heteroatoms. The van der Waals surface area contributed by atoms with Crippen LogP contribution in [0.1, 0.15) is 11.1 Å². The van der Waals surface area contributed by atoms with E-state index < -0.39 is 17.6 Å². The molecule has 0 bridgehead atoms. The molecule has 0 unspecified atom stereocenters. The zero-order chi connectivity index (χ0) is 14.9. The van der Waals surface area contributed by atoms with Crippen LogP contribution in [-0.4, -0.2) is 12.1 Å². The predicted molar refractivity (Wildman–Crippen MR) is 65.9 cm³/mol. The number of alkyl halides is 3. The molecule has 0 saturated carbocycles. The molecule has 1 heterocycles. The van der Waals surface area contributed by atoms with Gasteiger partial charge in [-0.1, -0.05) is 0 Å². The highest BCUT2D eigenvalue weighted by Gasteiger charge is 2.34. The van der Waals surface area contributed by atoms with Crippen molar-refractivity contribution in [3.8, 4) is 17.0 Å². The predicted octanol–water partition coefficient (Wildman–Crippen LogP) is 4.22. The minimum absolute atomic E-state index is 0.220. The number of hydrogen-bond donors (Lipinski definition) is 0. The number of aromatic nitrogens is 1. The molecule has 2 aromatic rings. The summed E-state index contributed by atoms with van der Waals surface area (Å²) >= 11 is 0. The lowest BCUT2D eigenvalue weighted by molar-refractivity contribution is -0.139. The van der Waals surface area contributed by atoms with Crippen molar-refractivity contribution in [1.82, 2.24) is 4.98 Å². The van der Waals surface area contributed by atoms with E-state index in [0.717, 1.165) is 12.1 Å². The van der Waals surface area contributed by atoms with Crippen molar-refractivity contribution >= 4 is 0 Å². The SMILES string of the molecule is COc1ccnc(-c2cc(C(F)(F)F)c(F)cc2C)c1.